The van der Waals surface area contributed by atoms with Crippen LogP contribution >= 0.6 is 24.0 Å². The highest BCUT2D eigenvalue weighted by molar-refractivity contribution is 14.0. The first-order valence-corrected chi connectivity index (χ1v) is 8.92. The number of guanidine groups is 1. The summed E-state index contributed by atoms with van der Waals surface area (Å²) in [6, 6.07) is 5.06. The Morgan fingerprint density at radius 1 is 1.46 bits per heavy atom. The standard InChI is InChI=1S/C19H26FN5O2.HI/c1-21-19(22-9-14-4-5-17(20)15(8-14)13-26-3)25-6-7-27-18(12-25)16-10-23-24(2)11-16;/h4-5,8,10-11,18H,6-7,9,12-13H2,1-3H3,(H,21,22);1H. The first kappa shape index (κ1) is 22.6. The van der Waals surface area contributed by atoms with E-state index in [2.05, 4.69) is 20.3 Å². The van der Waals surface area contributed by atoms with E-state index in [9.17, 15) is 4.39 Å². The zero-order valence-corrected chi connectivity index (χ0v) is 18.7. The Kier molecular flexibility index (Phi) is 8.64. The highest BCUT2D eigenvalue weighted by Crippen LogP contribution is 2.21. The number of aromatic nitrogens is 2. The fraction of sp³-hybridized carbons (Fsp3) is 0.474. The van der Waals surface area contributed by atoms with Crippen LogP contribution in [0.25, 0.3) is 0 Å². The van der Waals surface area contributed by atoms with E-state index in [0.29, 0.717) is 25.3 Å². The van der Waals surface area contributed by atoms with Crippen LogP contribution in [0.3, 0.4) is 0 Å². The van der Waals surface area contributed by atoms with Gasteiger partial charge in [0.1, 0.15) is 11.9 Å². The Balaban J connectivity index is 0.00000280. The van der Waals surface area contributed by atoms with Crippen molar-refractivity contribution in [2.75, 3.05) is 33.9 Å². The van der Waals surface area contributed by atoms with Gasteiger partial charge >= 0.3 is 0 Å². The summed E-state index contributed by atoms with van der Waals surface area (Å²) in [4.78, 5) is 6.56. The van der Waals surface area contributed by atoms with Crippen LogP contribution in [0.15, 0.2) is 35.6 Å². The average molecular weight is 503 g/mol. The minimum Gasteiger partial charge on any atom is -0.380 e. The number of nitrogens with zero attached hydrogens (tertiary/aromatic N) is 4. The highest BCUT2D eigenvalue weighted by Gasteiger charge is 2.25. The van der Waals surface area contributed by atoms with Gasteiger partial charge in [0.25, 0.3) is 0 Å². The van der Waals surface area contributed by atoms with E-state index >= 15 is 0 Å². The molecule has 0 saturated carbocycles. The van der Waals surface area contributed by atoms with Gasteiger partial charge < -0.3 is 19.7 Å². The third kappa shape index (κ3) is 5.65. The second-order valence-corrected chi connectivity index (χ2v) is 6.51. The monoisotopic (exact) mass is 503 g/mol. The molecule has 0 bridgehead atoms. The molecule has 1 unspecified atom stereocenters. The van der Waals surface area contributed by atoms with E-state index < -0.39 is 0 Å². The Morgan fingerprint density at radius 3 is 2.96 bits per heavy atom. The molecule has 2 aromatic rings. The van der Waals surface area contributed by atoms with Crippen LogP contribution in [0.1, 0.15) is 22.8 Å². The van der Waals surface area contributed by atoms with Crippen molar-refractivity contribution in [1.82, 2.24) is 20.0 Å². The number of nitrogens with one attached hydrogen (secondary N) is 1. The lowest BCUT2D eigenvalue weighted by Gasteiger charge is -2.34. The molecule has 1 aromatic carbocycles. The molecule has 1 fully saturated rings. The fourth-order valence-electron chi connectivity index (χ4n) is 3.17. The van der Waals surface area contributed by atoms with Gasteiger partial charge in [0.05, 0.1) is 26.0 Å². The Hall–Kier alpha value is -1.72. The normalized spacial score (nSPS) is 17.4. The zero-order valence-electron chi connectivity index (χ0n) is 16.4. The van der Waals surface area contributed by atoms with Crippen LogP contribution in [-0.4, -0.2) is 54.5 Å². The number of rotatable bonds is 5. The highest BCUT2D eigenvalue weighted by atomic mass is 127. The van der Waals surface area contributed by atoms with Gasteiger partial charge in [-0.25, -0.2) is 4.39 Å². The topological polar surface area (TPSA) is 63.9 Å². The van der Waals surface area contributed by atoms with Crippen LogP contribution in [-0.2, 0) is 29.7 Å². The van der Waals surface area contributed by atoms with E-state index in [-0.39, 0.29) is 42.5 Å². The third-order valence-corrected chi connectivity index (χ3v) is 4.54. The molecule has 1 aliphatic heterocycles. The lowest BCUT2D eigenvalue weighted by molar-refractivity contribution is -0.00805. The van der Waals surface area contributed by atoms with E-state index in [0.717, 1.165) is 23.6 Å². The average Bonchev–Trinajstić information content (AvgIpc) is 3.12. The number of aliphatic imine (C=N–C) groups is 1. The summed E-state index contributed by atoms with van der Waals surface area (Å²) in [7, 11) is 5.21. The van der Waals surface area contributed by atoms with Gasteiger partial charge in [-0.1, -0.05) is 6.07 Å². The van der Waals surface area contributed by atoms with Crippen LogP contribution in [0.5, 0.6) is 0 Å². The smallest absolute Gasteiger partial charge is 0.194 e. The molecule has 0 radical (unpaired) electrons. The van der Waals surface area contributed by atoms with Gasteiger partial charge in [-0.3, -0.25) is 9.67 Å². The Labute approximate surface area is 181 Å². The molecule has 0 aliphatic carbocycles. The Morgan fingerprint density at radius 2 is 2.29 bits per heavy atom. The summed E-state index contributed by atoms with van der Waals surface area (Å²) in [5, 5.41) is 7.58. The molecule has 1 aromatic heterocycles. The molecule has 7 nitrogen and oxygen atoms in total. The van der Waals surface area contributed by atoms with Crippen molar-refractivity contribution in [2.45, 2.75) is 19.3 Å². The number of benzene rings is 1. The van der Waals surface area contributed by atoms with E-state index in [4.69, 9.17) is 9.47 Å². The van der Waals surface area contributed by atoms with Gasteiger partial charge in [-0.05, 0) is 17.7 Å². The fourth-order valence-corrected chi connectivity index (χ4v) is 3.17. The molecule has 1 aliphatic rings. The third-order valence-electron chi connectivity index (χ3n) is 4.54. The first-order chi connectivity index (χ1) is 13.1. The number of halogens is 2. The van der Waals surface area contributed by atoms with Crippen molar-refractivity contribution in [3.63, 3.8) is 0 Å². The summed E-state index contributed by atoms with van der Waals surface area (Å²) < 4.78 is 26.5. The summed E-state index contributed by atoms with van der Waals surface area (Å²) in [5.74, 6) is 0.544. The lowest BCUT2D eigenvalue weighted by atomic mass is 10.1. The first-order valence-electron chi connectivity index (χ1n) is 8.92. The number of hydrogen-bond donors (Lipinski definition) is 1. The molecular formula is C19H27FIN5O2. The molecule has 154 valence electrons. The van der Waals surface area contributed by atoms with Gasteiger partial charge in [-0.2, -0.15) is 5.10 Å². The largest absolute Gasteiger partial charge is 0.380 e. The second-order valence-electron chi connectivity index (χ2n) is 6.51. The zero-order chi connectivity index (χ0) is 19.2. The van der Waals surface area contributed by atoms with Crippen LogP contribution in [0.4, 0.5) is 4.39 Å². The van der Waals surface area contributed by atoms with Crippen molar-refractivity contribution in [1.29, 1.82) is 0 Å². The predicted molar refractivity (Wildman–Crippen MR) is 116 cm³/mol. The molecule has 1 atom stereocenters. The van der Waals surface area contributed by atoms with E-state index in [1.165, 1.54) is 6.07 Å². The van der Waals surface area contributed by atoms with Crippen LogP contribution < -0.4 is 5.32 Å². The lowest BCUT2D eigenvalue weighted by Crippen LogP contribution is -2.47. The maximum atomic E-state index is 13.8. The number of hydrogen-bond acceptors (Lipinski definition) is 4. The Bertz CT molecular complexity index is 798. The summed E-state index contributed by atoms with van der Waals surface area (Å²) >= 11 is 0. The molecule has 0 amide bonds. The number of ether oxygens (including phenoxy) is 2. The van der Waals surface area contributed by atoms with Crippen molar-refractivity contribution in [2.24, 2.45) is 12.0 Å². The van der Waals surface area contributed by atoms with Crippen molar-refractivity contribution in [3.05, 3.63) is 53.1 Å². The molecule has 9 heteroatoms. The predicted octanol–water partition coefficient (Wildman–Crippen LogP) is 2.47. The summed E-state index contributed by atoms with van der Waals surface area (Å²) in [6.07, 6.45) is 3.77. The molecular weight excluding hydrogens is 476 g/mol. The minimum atomic E-state index is -0.252. The quantitative estimate of drug-likeness (QED) is 0.386. The summed E-state index contributed by atoms with van der Waals surface area (Å²) in [6.45, 7) is 2.89. The number of aryl methyl sites for hydroxylation is 1. The molecule has 3 rings (SSSR count). The summed E-state index contributed by atoms with van der Waals surface area (Å²) in [5.41, 5.74) is 2.58. The SMILES string of the molecule is CN=C(NCc1ccc(F)c(COC)c1)N1CCOC(c2cnn(C)c2)C1.I. The molecule has 2 heterocycles. The second kappa shape index (κ2) is 10.7. The van der Waals surface area contributed by atoms with Crippen molar-refractivity contribution >= 4 is 29.9 Å². The van der Waals surface area contributed by atoms with Crippen molar-refractivity contribution < 1.29 is 13.9 Å². The van der Waals surface area contributed by atoms with Crippen LogP contribution in [0, 0.1) is 5.82 Å². The molecule has 28 heavy (non-hydrogen) atoms. The number of morpholine rings is 1. The van der Waals surface area contributed by atoms with Gasteiger partial charge in [0.15, 0.2) is 5.96 Å². The molecule has 1 saturated heterocycles. The molecule has 1 N–H and O–H groups in total. The van der Waals surface area contributed by atoms with E-state index in [1.807, 2.05) is 25.5 Å². The minimum absolute atomic E-state index is 0. The maximum Gasteiger partial charge on any atom is 0.194 e. The van der Waals surface area contributed by atoms with Gasteiger partial charge in [0, 0.05) is 51.6 Å². The maximum absolute atomic E-state index is 13.8. The molecule has 0 spiro atoms. The van der Waals surface area contributed by atoms with Crippen LogP contribution in [0.2, 0.25) is 0 Å². The van der Waals surface area contributed by atoms with Crippen molar-refractivity contribution in [3.8, 4) is 0 Å². The number of methoxy groups -OCH3 is 1. The van der Waals surface area contributed by atoms with Gasteiger partial charge in [-0.15, -0.1) is 24.0 Å². The van der Waals surface area contributed by atoms with E-state index in [1.54, 1.807) is 24.9 Å². The van der Waals surface area contributed by atoms with Gasteiger partial charge in [0.2, 0.25) is 0 Å².